The quantitative estimate of drug-likeness (QED) is 0.831. The van der Waals surface area contributed by atoms with E-state index in [2.05, 4.69) is 5.32 Å². The molecule has 0 unspecified atom stereocenters. The van der Waals surface area contributed by atoms with E-state index in [0.29, 0.717) is 5.56 Å². The lowest BCUT2D eigenvalue weighted by atomic mass is 10.1. The first-order chi connectivity index (χ1) is 10.9. The fourth-order valence-electron chi connectivity index (χ4n) is 2.06. The number of nitrogens with zero attached hydrogens (tertiary/aromatic N) is 1. The highest BCUT2D eigenvalue weighted by Gasteiger charge is 2.29. The van der Waals surface area contributed by atoms with E-state index in [4.69, 9.17) is 4.74 Å². The number of nitrogens with one attached hydrogen (secondary N) is 1. The van der Waals surface area contributed by atoms with Crippen molar-refractivity contribution in [3.05, 3.63) is 29.3 Å². The van der Waals surface area contributed by atoms with Gasteiger partial charge in [-0.25, -0.2) is 4.79 Å². The first-order valence-corrected chi connectivity index (χ1v) is 7.38. The number of hydrogen-bond donors (Lipinski definition) is 2. The molecule has 0 aliphatic heterocycles. The average Bonchev–Trinajstić information content (AvgIpc) is 2.41. The van der Waals surface area contributed by atoms with Crippen molar-refractivity contribution in [1.29, 1.82) is 0 Å². The van der Waals surface area contributed by atoms with E-state index >= 15 is 0 Å². The predicted octanol–water partition coefficient (Wildman–Crippen LogP) is 2.85. The smallest absolute Gasteiger partial charge is 0.422 e. The zero-order valence-electron chi connectivity index (χ0n) is 14.2. The Balaban J connectivity index is 2.72. The fraction of sp³-hybridized carbons (Fsp3) is 0.562. The summed E-state index contributed by atoms with van der Waals surface area (Å²) in [5.74, 6) is 0.0813. The van der Waals surface area contributed by atoms with Crippen LogP contribution in [0.5, 0.6) is 5.75 Å². The highest BCUT2D eigenvalue weighted by molar-refractivity contribution is 5.74. The maximum atomic E-state index is 12.3. The monoisotopic (exact) mass is 348 g/mol. The Morgan fingerprint density at radius 3 is 2.50 bits per heavy atom. The van der Waals surface area contributed by atoms with Crippen LogP contribution in [0.1, 0.15) is 25.0 Å². The Morgan fingerprint density at radius 2 is 1.96 bits per heavy atom. The Labute approximate surface area is 139 Å². The van der Waals surface area contributed by atoms with Crippen LogP contribution >= 0.6 is 0 Å². The number of alkyl halides is 3. The number of rotatable bonds is 6. The molecular weight excluding hydrogens is 325 g/mol. The second-order valence-electron chi connectivity index (χ2n) is 6.34. The summed E-state index contributed by atoms with van der Waals surface area (Å²) in [7, 11) is 1.52. The van der Waals surface area contributed by atoms with E-state index in [-0.39, 0.29) is 18.8 Å². The van der Waals surface area contributed by atoms with Crippen molar-refractivity contribution < 1.29 is 27.8 Å². The van der Waals surface area contributed by atoms with Crippen molar-refractivity contribution >= 4 is 6.03 Å². The van der Waals surface area contributed by atoms with Crippen molar-refractivity contribution in [2.75, 3.05) is 20.2 Å². The lowest BCUT2D eigenvalue weighted by Gasteiger charge is -2.26. The molecule has 1 aromatic carbocycles. The van der Waals surface area contributed by atoms with E-state index in [1.54, 1.807) is 32.9 Å². The minimum atomic E-state index is -4.43. The molecule has 0 fully saturated rings. The van der Waals surface area contributed by atoms with Crippen LogP contribution in [0.3, 0.4) is 0 Å². The van der Waals surface area contributed by atoms with Gasteiger partial charge in [0.1, 0.15) is 5.75 Å². The van der Waals surface area contributed by atoms with Crippen molar-refractivity contribution in [3.8, 4) is 5.75 Å². The van der Waals surface area contributed by atoms with Gasteiger partial charge in [0.25, 0.3) is 0 Å². The van der Waals surface area contributed by atoms with Gasteiger partial charge in [0, 0.05) is 19.2 Å². The number of benzene rings is 1. The van der Waals surface area contributed by atoms with Gasteiger partial charge in [-0.3, -0.25) is 0 Å². The van der Waals surface area contributed by atoms with Gasteiger partial charge in [-0.2, -0.15) is 13.2 Å². The molecule has 0 bridgehead atoms. The van der Waals surface area contributed by atoms with Crippen LogP contribution in [-0.2, 0) is 6.54 Å². The van der Waals surface area contributed by atoms with Gasteiger partial charge >= 0.3 is 12.2 Å². The molecule has 136 valence electrons. The molecule has 2 amide bonds. The first-order valence-electron chi connectivity index (χ1n) is 7.38. The Morgan fingerprint density at radius 1 is 1.33 bits per heavy atom. The van der Waals surface area contributed by atoms with Crippen LogP contribution in [0.2, 0.25) is 0 Å². The molecule has 2 N–H and O–H groups in total. The van der Waals surface area contributed by atoms with Gasteiger partial charge in [0.2, 0.25) is 0 Å². The number of halogens is 3. The second kappa shape index (κ2) is 7.74. The van der Waals surface area contributed by atoms with E-state index in [0.717, 1.165) is 5.56 Å². The largest absolute Gasteiger partial charge is 0.484 e. The highest BCUT2D eigenvalue weighted by atomic mass is 19.4. The number of carbonyl (C=O) groups is 1. The Bertz CT molecular complexity index is 569. The lowest BCUT2D eigenvalue weighted by Crippen LogP contribution is -2.44. The summed E-state index contributed by atoms with van der Waals surface area (Å²) >= 11 is 0. The molecule has 0 aliphatic rings. The van der Waals surface area contributed by atoms with Crippen LogP contribution in [0.4, 0.5) is 18.0 Å². The van der Waals surface area contributed by atoms with Crippen molar-refractivity contribution in [1.82, 2.24) is 10.2 Å². The van der Waals surface area contributed by atoms with Gasteiger partial charge in [-0.05, 0) is 32.4 Å². The zero-order chi connectivity index (χ0) is 18.5. The first kappa shape index (κ1) is 20.1. The second-order valence-corrected chi connectivity index (χ2v) is 6.34. The van der Waals surface area contributed by atoms with E-state index in [1.807, 2.05) is 0 Å². The Hall–Kier alpha value is -1.96. The summed E-state index contributed by atoms with van der Waals surface area (Å²) in [5.41, 5.74) is 0.146. The molecule has 0 radical (unpaired) electrons. The molecule has 8 heteroatoms. The summed E-state index contributed by atoms with van der Waals surface area (Å²) in [6, 6.07) is 4.38. The Kier molecular flexibility index (Phi) is 6.48. The number of aliphatic hydroxyl groups is 1. The molecule has 0 aromatic heterocycles. The number of aryl methyl sites for hydroxylation is 1. The van der Waals surface area contributed by atoms with Crippen LogP contribution < -0.4 is 10.1 Å². The summed E-state index contributed by atoms with van der Waals surface area (Å²) in [5, 5.41) is 12.3. The molecule has 24 heavy (non-hydrogen) atoms. The average molecular weight is 348 g/mol. The van der Waals surface area contributed by atoms with Gasteiger partial charge in [-0.15, -0.1) is 0 Å². The van der Waals surface area contributed by atoms with Crippen molar-refractivity contribution in [2.45, 2.75) is 39.1 Å². The summed E-state index contributed by atoms with van der Waals surface area (Å²) in [6.45, 7) is 3.61. The van der Waals surface area contributed by atoms with Crippen molar-refractivity contribution in [2.24, 2.45) is 0 Å². The molecule has 0 saturated heterocycles. The van der Waals surface area contributed by atoms with Gasteiger partial charge in [0.15, 0.2) is 6.61 Å². The van der Waals surface area contributed by atoms with Crippen LogP contribution in [0, 0.1) is 6.92 Å². The summed E-state index contributed by atoms with van der Waals surface area (Å²) in [6.07, 6.45) is -4.43. The van der Waals surface area contributed by atoms with Crippen molar-refractivity contribution in [3.63, 3.8) is 0 Å². The van der Waals surface area contributed by atoms with Gasteiger partial charge in [0.05, 0.1) is 12.1 Å². The van der Waals surface area contributed by atoms with E-state index in [1.165, 1.54) is 18.0 Å². The van der Waals surface area contributed by atoms with Crippen LogP contribution in [0.15, 0.2) is 18.2 Å². The van der Waals surface area contributed by atoms with Crippen LogP contribution in [0.25, 0.3) is 0 Å². The van der Waals surface area contributed by atoms with Crippen LogP contribution in [-0.4, -0.2) is 48.0 Å². The SMILES string of the molecule is Cc1ccc(CNC(=O)N(C)CC(C)(C)O)c(OCC(F)(F)F)c1. The summed E-state index contributed by atoms with van der Waals surface area (Å²) < 4.78 is 41.8. The predicted molar refractivity (Wildman–Crippen MR) is 83.9 cm³/mol. The molecule has 0 spiro atoms. The van der Waals surface area contributed by atoms with Gasteiger partial charge < -0.3 is 20.1 Å². The number of hydrogen-bond acceptors (Lipinski definition) is 3. The van der Waals surface area contributed by atoms with E-state index in [9.17, 15) is 23.1 Å². The lowest BCUT2D eigenvalue weighted by molar-refractivity contribution is -0.153. The molecule has 5 nitrogen and oxygen atoms in total. The number of amides is 2. The number of ether oxygens (including phenoxy) is 1. The normalized spacial score (nSPS) is 12.0. The maximum Gasteiger partial charge on any atom is 0.422 e. The molecule has 1 aromatic rings. The minimum absolute atomic E-state index is 0.0164. The molecule has 0 saturated carbocycles. The summed E-state index contributed by atoms with van der Waals surface area (Å²) in [4.78, 5) is 13.3. The van der Waals surface area contributed by atoms with Gasteiger partial charge in [-0.1, -0.05) is 12.1 Å². The van der Waals surface area contributed by atoms with E-state index < -0.39 is 24.4 Å². The molecule has 0 atom stereocenters. The number of likely N-dealkylation sites (N-methyl/N-ethyl adjacent to an activating group) is 1. The molecular formula is C16H23F3N2O3. The minimum Gasteiger partial charge on any atom is -0.484 e. The third-order valence-corrected chi connectivity index (χ3v) is 3.01. The highest BCUT2D eigenvalue weighted by Crippen LogP contribution is 2.23. The number of urea groups is 1. The third-order valence-electron chi connectivity index (χ3n) is 3.01. The zero-order valence-corrected chi connectivity index (χ0v) is 14.2. The molecule has 0 heterocycles. The topological polar surface area (TPSA) is 61.8 Å². The maximum absolute atomic E-state index is 12.3. The fourth-order valence-corrected chi connectivity index (χ4v) is 2.06. The third kappa shape index (κ3) is 7.54. The number of carbonyl (C=O) groups excluding carboxylic acids is 1. The molecule has 1 rings (SSSR count). The molecule has 0 aliphatic carbocycles. The standard InChI is InChI=1S/C16H23F3N2O3/c1-11-5-6-12(13(7-11)24-10-16(17,18)19)8-20-14(22)21(4)9-15(2,3)23/h5-7,23H,8-10H2,1-4H3,(H,20,22).